The summed E-state index contributed by atoms with van der Waals surface area (Å²) in [6.45, 7) is 5.23. The van der Waals surface area contributed by atoms with Gasteiger partial charge in [-0.15, -0.1) is 0 Å². The van der Waals surface area contributed by atoms with Crippen LogP contribution in [0.1, 0.15) is 18.4 Å². The van der Waals surface area contributed by atoms with Gasteiger partial charge in [-0.1, -0.05) is 48.5 Å². The Balaban J connectivity index is 0.000000160. The molecule has 3 aromatic carbocycles. The second-order valence-electron chi connectivity index (χ2n) is 8.31. The van der Waals surface area contributed by atoms with Crippen LogP contribution in [0, 0.1) is 0 Å². The number of methoxy groups -OCH3 is 1. The first-order valence-electron chi connectivity index (χ1n) is 11.9. The van der Waals surface area contributed by atoms with Crippen molar-refractivity contribution in [2.24, 2.45) is 0 Å². The van der Waals surface area contributed by atoms with Crippen molar-refractivity contribution in [3.8, 4) is 0 Å². The van der Waals surface area contributed by atoms with E-state index < -0.39 is 0 Å². The van der Waals surface area contributed by atoms with Crippen LogP contribution in [0.2, 0.25) is 0 Å². The molecule has 5 rings (SSSR count). The van der Waals surface area contributed by atoms with Gasteiger partial charge in [-0.25, -0.2) is 0 Å². The molecule has 0 saturated carbocycles. The summed E-state index contributed by atoms with van der Waals surface area (Å²) in [5.41, 5.74) is 1.39. The number of hydrogen-bond donors (Lipinski definition) is 3. The van der Waals surface area contributed by atoms with Crippen molar-refractivity contribution in [2.75, 3.05) is 54.1 Å². The summed E-state index contributed by atoms with van der Waals surface area (Å²) in [6, 6.07) is 20.1. The predicted octanol–water partition coefficient (Wildman–Crippen LogP) is 3.68. The van der Waals surface area contributed by atoms with Gasteiger partial charge in [-0.05, 0) is 66.7 Å². The maximum absolute atomic E-state index is 5.11. The molecular formula is C27H39N3O3. The Hall–Kier alpha value is -2.06. The number of ether oxygens (including phenoxy) is 3. The Morgan fingerprint density at radius 1 is 0.939 bits per heavy atom. The lowest BCUT2D eigenvalue weighted by Crippen LogP contribution is -2.25. The molecule has 6 nitrogen and oxygen atoms in total. The average molecular weight is 454 g/mol. The minimum atomic E-state index is -0.000000000000000222. The third-order valence-corrected chi connectivity index (χ3v) is 5.83. The molecule has 2 fully saturated rings. The maximum atomic E-state index is 5.11. The molecule has 0 amide bonds. The molecule has 0 spiro atoms. The molecule has 0 bridgehead atoms. The van der Waals surface area contributed by atoms with Gasteiger partial charge in [0.25, 0.3) is 0 Å². The lowest BCUT2D eigenvalue weighted by Gasteiger charge is -2.10. The summed E-state index contributed by atoms with van der Waals surface area (Å²) in [5, 5.41) is 14.9. The number of benzene rings is 3. The van der Waals surface area contributed by atoms with Crippen molar-refractivity contribution in [1.29, 1.82) is 0 Å². The number of rotatable bonds is 6. The summed E-state index contributed by atoms with van der Waals surface area (Å²) in [6.07, 6.45) is 2.60. The Bertz CT molecular complexity index is 882. The molecule has 0 unspecified atom stereocenters. The van der Waals surface area contributed by atoms with E-state index in [1.165, 1.54) is 46.5 Å². The number of hydrogen-bond acceptors (Lipinski definition) is 6. The summed E-state index contributed by atoms with van der Waals surface area (Å²) < 4.78 is 15.2. The Morgan fingerprint density at radius 3 is 2.09 bits per heavy atom. The molecule has 33 heavy (non-hydrogen) atoms. The van der Waals surface area contributed by atoms with Crippen LogP contribution >= 0.6 is 0 Å². The Morgan fingerprint density at radius 2 is 1.58 bits per heavy atom. The lowest BCUT2D eigenvalue weighted by molar-refractivity contribution is -0.0378. The topological polar surface area (TPSA) is 63.8 Å². The van der Waals surface area contributed by atoms with E-state index in [9.17, 15) is 0 Å². The van der Waals surface area contributed by atoms with E-state index >= 15 is 0 Å². The van der Waals surface area contributed by atoms with Crippen molar-refractivity contribution >= 4 is 21.5 Å². The van der Waals surface area contributed by atoms with E-state index in [4.69, 9.17) is 14.2 Å². The zero-order chi connectivity index (χ0) is 23.3. The maximum Gasteiger partial charge on any atom is 0.170 e. The molecule has 3 N–H and O–H groups in total. The number of likely N-dealkylation sites (N-methyl/N-ethyl adjacent to an activating group) is 1. The molecule has 180 valence electrons. The van der Waals surface area contributed by atoms with Crippen LogP contribution in [0.3, 0.4) is 0 Å². The largest absolute Gasteiger partial charge is 0.383 e. The highest BCUT2D eigenvalue weighted by Gasteiger charge is 2.13. The van der Waals surface area contributed by atoms with Gasteiger partial charge < -0.3 is 30.2 Å². The molecule has 6 heteroatoms. The summed E-state index contributed by atoms with van der Waals surface area (Å²) in [5.74, 6) is 0. The van der Waals surface area contributed by atoms with Crippen molar-refractivity contribution < 1.29 is 14.2 Å². The van der Waals surface area contributed by atoms with Crippen LogP contribution in [0.25, 0.3) is 21.5 Å². The molecule has 2 heterocycles. The molecule has 0 aliphatic carbocycles. The lowest BCUT2D eigenvalue weighted by atomic mass is 9.97. The van der Waals surface area contributed by atoms with E-state index in [0.717, 1.165) is 32.9 Å². The standard InChI is InChI=1S/C16H15N.C6H13NO.C5H11NO2/c1-17-11-16-14-8-4-2-6-12(14)10-13-7-3-5-9-15(13)16;1-8-5-6-3-2-4-7-6;1-6-4-5-7-2-3-8-5/h2-10,17H,11H2,1H3;6-7H,2-5H2,1H3;5-6H,2-4H2,1H3/t;6-;/m.0./s1. The van der Waals surface area contributed by atoms with Gasteiger partial charge in [-0.2, -0.15) is 0 Å². The smallest absolute Gasteiger partial charge is 0.170 e. The predicted molar refractivity (Wildman–Crippen MR) is 137 cm³/mol. The third kappa shape index (κ3) is 7.74. The zero-order valence-corrected chi connectivity index (χ0v) is 20.2. The van der Waals surface area contributed by atoms with Crippen molar-refractivity contribution in [3.05, 3.63) is 60.2 Å². The van der Waals surface area contributed by atoms with Gasteiger partial charge >= 0.3 is 0 Å². The minimum Gasteiger partial charge on any atom is -0.383 e. The second-order valence-corrected chi connectivity index (χ2v) is 8.31. The van der Waals surface area contributed by atoms with Gasteiger partial charge in [-0.3, -0.25) is 0 Å². The van der Waals surface area contributed by atoms with Crippen molar-refractivity contribution in [1.82, 2.24) is 16.0 Å². The van der Waals surface area contributed by atoms with E-state index in [1.807, 2.05) is 14.1 Å². The highest BCUT2D eigenvalue weighted by atomic mass is 16.7. The zero-order valence-electron chi connectivity index (χ0n) is 20.2. The summed E-state index contributed by atoms with van der Waals surface area (Å²) >= 11 is 0. The van der Waals surface area contributed by atoms with Gasteiger partial charge in [0.15, 0.2) is 6.29 Å². The Labute approximate surface area is 198 Å². The monoisotopic (exact) mass is 453 g/mol. The van der Waals surface area contributed by atoms with Crippen LogP contribution in [0.5, 0.6) is 0 Å². The number of nitrogens with one attached hydrogen (secondary N) is 3. The molecule has 2 aliphatic heterocycles. The van der Waals surface area contributed by atoms with Crippen molar-refractivity contribution in [2.45, 2.75) is 31.7 Å². The molecule has 2 aliphatic rings. The first-order valence-corrected chi connectivity index (χ1v) is 11.9. The minimum absolute atomic E-state index is 0.000000000000000222. The normalized spacial score (nSPS) is 18.1. The van der Waals surface area contributed by atoms with E-state index in [-0.39, 0.29) is 6.29 Å². The first kappa shape index (κ1) is 25.6. The van der Waals surface area contributed by atoms with Gasteiger partial charge in [0.2, 0.25) is 0 Å². The van der Waals surface area contributed by atoms with Crippen LogP contribution < -0.4 is 16.0 Å². The van der Waals surface area contributed by atoms with Crippen molar-refractivity contribution in [3.63, 3.8) is 0 Å². The average Bonchev–Trinajstić information content (AvgIpc) is 3.55. The molecular weight excluding hydrogens is 414 g/mol. The SMILES string of the molecule is CNCC1OCCO1.CNCc1c2ccccc2cc2ccccc12.COC[C@@H]1CCCN1. The molecule has 0 aromatic heterocycles. The molecule has 0 radical (unpaired) electrons. The Kier molecular flexibility index (Phi) is 11.0. The van der Waals surface area contributed by atoms with Crippen LogP contribution in [-0.2, 0) is 20.8 Å². The molecule has 3 aromatic rings. The van der Waals surface area contributed by atoms with Gasteiger partial charge in [0.1, 0.15) is 0 Å². The molecule has 2 saturated heterocycles. The van der Waals surface area contributed by atoms with Crippen LogP contribution in [-0.4, -0.2) is 66.4 Å². The fourth-order valence-electron chi connectivity index (χ4n) is 4.27. The fourth-order valence-corrected chi connectivity index (χ4v) is 4.27. The van der Waals surface area contributed by atoms with Gasteiger partial charge in [0, 0.05) is 26.2 Å². The van der Waals surface area contributed by atoms with Gasteiger partial charge in [0.05, 0.1) is 19.8 Å². The van der Waals surface area contributed by atoms with Crippen LogP contribution in [0.4, 0.5) is 0 Å². The first-order chi connectivity index (χ1) is 16.3. The summed E-state index contributed by atoms with van der Waals surface area (Å²) in [4.78, 5) is 0. The third-order valence-electron chi connectivity index (χ3n) is 5.83. The van der Waals surface area contributed by atoms with E-state index in [0.29, 0.717) is 6.04 Å². The fraction of sp³-hybridized carbons (Fsp3) is 0.481. The number of fused-ring (bicyclic) bond motifs is 2. The highest BCUT2D eigenvalue weighted by molar-refractivity contribution is 6.02. The van der Waals surface area contributed by atoms with E-state index in [2.05, 4.69) is 70.5 Å². The van der Waals surface area contributed by atoms with E-state index in [1.54, 1.807) is 7.11 Å². The van der Waals surface area contributed by atoms with Crippen LogP contribution in [0.15, 0.2) is 54.6 Å². The quantitative estimate of drug-likeness (QED) is 0.495. The highest BCUT2D eigenvalue weighted by Crippen LogP contribution is 2.28. The molecule has 1 atom stereocenters. The second kappa shape index (κ2) is 14.3. The summed E-state index contributed by atoms with van der Waals surface area (Å²) in [7, 11) is 5.63.